The van der Waals surface area contributed by atoms with Gasteiger partial charge in [-0.3, -0.25) is 4.79 Å². The number of rotatable bonds is 7. The van der Waals surface area contributed by atoms with E-state index >= 15 is 35.1 Å². The summed E-state index contributed by atoms with van der Waals surface area (Å²) in [6.45, 7) is -0.215. The standard InChI is InChI=1S/C24BF20.C13H10F2NO/c26-5-1(6(27)14(35)21(42)13(5)34)25(2-7(28)15(36)22(43)16(37)8(2)29,3-9(30)17(38)23(44)18(39)10(3)31)4-11(32)19(40)24(45)20(41)12(4)33;14-11-7-4-8-16(13(11)15)9-12(17)10-5-2-1-3-6-10/h;1-8H,9H2/q-1;+1. The molecule has 25 heteroatoms. The predicted octanol–water partition coefficient (Wildman–Crippen LogP) is 7.98. The second-order valence-electron chi connectivity index (χ2n) is 12.4. The highest BCUT2D eigenvalue weighted by molar-refractivity contribution is 7.20. The summed E-state index contributed by atoms with van der Waals surface area (Å²) in [7, 11) is 0. The second kappa shape index (κ2) is 17.1. The minimum absolute atomic E-state index is 0.215. The maximum absolute atomic E-state index is 15.4. The maximum Gasteiger partial charge on any atom is 0.396 e. The molecule has 0 aliphatic carbocycles. The number of nitrogens with zero attached hydrogens (tertiary/aromatic N) is 1. The van der Waals surface area contributed by atoms with E-state index < -0.39 is 156 Å². The van der Waals surface area contributed by atoms with Crippen molar-refractivity contribution in [2.75, 3.05) is 0 Å². The van der Waals surface area contributed by atoms with Crippen LogP contribution in [0.25, 0.3) is 0 Å². The molecule has 0 fully saturated rings. The van der Waals surface area contributed by atoms with Crippen LogP contribution in [0.1, 0.15) is 10.4 Å². The molecule has 0 aliphatic rings. The van der Waals surface area contributed by atoms with Crippen molar-refractivity contribution in [1.29, 1.82) is 0 Å². The van der Waals surface area contributed by atoms with Crippen molar-refractivity contribution in [3.8, 4) is 0 Å². The lowest BCUT2D eigenvalue weighted by molar-refractivity contribution is -0.713. The first-order valence-electron chi connectivity index (χ1n) is 16.0. The molecule has 0 spiro atoms. The first-order valence-corrected chi connectivity index (χ1v) is 16.0. The monoisotopic (exact) mass is 913 g/mol. The molecule has 2 nitrogen and oxygen atoms in total. The Morgan fingerprint density at radius 1 is 0.355 bits per heavy atom. The Morgan fingerprint density at radius 2 is 0.613 bits per heavy atom. The molecule has 1 heterocycles. The topological polar surface area (TPSA) is 20.9 Å². The summed E-state index contributed by atoms with van der Waals surface area (Å²) in [6.07, 6.45) is -5.88. The van der Waals surface area contributed by atoms with E-state index in [-0.39, 0.29) is 12.3 Å². The van der Waals surface area contributed by atoms with Crippen molar-refractivity contribution in [1.82, 2.24) is 0 Å². The summed E-state index contributed by atoms with van der Waals surface area (Å²) in [5.41, 5.74) is -13.9. The molecule has 0 radical (unpaired) electrons. The van der Waals surface area contributed by atoms with Crippen LogP contribution in [-0.2, 0) is 6.54 Å². The van der Waals surface area contributed by atoms with Gasteiger partial charge in [-0.15, -0.1) is 26.2 Å². The first-order chi connectivity index (χ1) is 28.9. The fraction of sp³-hybridized carbons (Fsp3) is 0.0270. The number of hydrogen-bond acceptors (Lipinski definition) is 1. The van der Waals surface area contributed by atoms with Crippen molar-refractivity contribution in [2.24, 2.45) is 0 Å². The predicted molar refractivity (Wildman–Crippen MR) is 167 cm³/mol. The van der Waals surface area contributed by atoms with E-state index in [9.17, 15) is 66.3 Å². The second-order valence-corrected chi connectivity index (χ2v) is 12.4. The van der Waals surface area contributed by atoms with E-state index in [2.05, 4.69) is 0 Å². The molecule has 0 N–H and O–H groups in total. The van der Waals surface area contributed by atoms with Crippen LogP contribution in [0.3, 0.4) is 0 Å². The van der Waals surface area contributed by atoms with Crippen molar-refractivity contribution in [3.63, 3.8) is 0 Å². The third-order valence-electron chi connectivity index (χ3n) is 9.07. The van der Waals surface area contributed by atoms with Gasteiger partial charge in [0.1, 0.15) is 52.7 Å². The van der Waals surface area contributed by atoms with Gasteiger partial charge in [0.2, 0.25) is 18.1 Å². The fourth-order valence-corrected chi connectivity index (χ4v) is 6.37. The summed E-state index contributed by atoms with van der Waals surface area (Å²) >= 11 is 0. The van der Waals surface area contributed by atoms with Gasteiger partial charge in [-0.05, 0) is 6.07 Å². The van der Waals surface area contributed by atoms with E-state index in [0.717, 1.165) is 10.6 Å². The number of carbonyl (C=O) groups excluding carboxylic acids is 1. The van der Waals surface area contributed by atoms with Gasteiger partial charge in [-0.1, -0.05) is 30.3 Å². The lowest BCUT2D eigenvalue weighted by atomic mass is 9.12. The molecule has 0 unspecified atom stereocenters. The van der Waals surface area contributed by atoms with Gasteiger partial charge in [0.15, 0.2) is 76.0 Å². The van der Waals surface area contributed by atoms with Gasteiger partial charge in [-0.25, -0.2) is 87.8 Å². The molecule has 6 rings (SSSR count). The molecule has 1 aromatic heterocycles. The molecular formula is C37H10BF22NO. The van der Waals surface area contributed by atoms with Crippen LogP contribution >= 0.6 is 0 Å². The number of carbonyl (C=O) groups is 1. The Balaban J connectivity index is 0.000000355. The van der Waals surface area contributed by atoms with Crippen LogP contribution in [0.2, 0.25) is 0 Å². The first kappa shape index (κ1) is 46.5. The molecule has 0 saturated heterocycles. The van der Waals surface area contributed by atoms with Gasteiger partial charge in [0.25, 0.3) is 0 Å². The third kappa shape index (κ3) is 7.14. The number of benzene rings is 5. The molecule has 0 saturated carbocycles. The normalized spacial score (nSPS) is 11.5. The Morgan fingerprint density at radius 3 is 0.887 bits per heavy atom. The Bertz CT molecular complexity index is 2440. The minimum Gasteiger partial charge on any atom is -0.287 e. The van der Waals surface area contributed by atoms with Crippen LogP contribution in [0.5, 0.6) is 0 Å². The van der Waals surface area contributed by atoms with Gasteiger partial charge in [0, 0.05) is 11.6 Å². The van der Waals surface area contributed by atoms with Crippen LogP contribution in [-0.4, -0.2) is 11.9 Å². The molecule has 5 aromatic carbocycles. The maximum atomic E-state index is 15.4. The molecule has 0 bridgehead atoms. The average molecular weight is 913 g/mol. The van der Waals surface area contributed by atoms with Gasteiger partial charge >= 0.3 is 5.95 Å². The van der Waals surface area contributed by atoms with E-state index in [1.807, 2.05) is 0 Å². The number of halogens is 22. The Kier molecular flexibility index (Phi) is 12.8. The highest BCUT2D eigenvalue weighted by atomic mass is 19.2. The van der Waals surface area contributed by atoms with Gasteiger partial charge in [0.05, 0.1) is 0 Å². The number of aromatic nitrogens is 1. The lowest BCUT2D eigenvalue weighted by Gasteiger charge is -2.44. The summed E-state index contributed by atoms with van der Waals surface area (Å²) in [4.78, 5) is 11.8. The zero-order valence-electron chi connectivity index (χ0n) is 29.1. The zero-order chi connectivity index (χ0) is 46.6. The molecule has 0 atom stereocenters. The average Bonchev–Trinajstić information content (AvgIpc) is 3.25. The number of pyridine rings is 1. The van der Waals surface area contributed by atoms with Gasteiger partial charge in [-0.2, -0.15) is 8.96 Å². The molecule has 62 heavy (non-hydrogen) atoms. The largest absolute Gasteiger partial charge is 0.396 e. The van der Waals surface area contributed by atoms with Crippen LogP contribution in [0, 0.1) is 128 Å². The van der Waals surface area contributed by atoms with Crippen molar-refractivity contribution in [3.05, 3.63) is 182 Å². The molecular weight excluding hydrogens is 903 g/mol. The quantitative estimate of drug-likeness (QED) is 0.0303. The Hall–Kier alpha value is -6.56. The van der Waals surface area contributed by atoms with Crippen molar-refractivity contribution in [2.45, 2.75) is 6.54 Å². The summed E-state index contributed by atoms with van der Waals surface area (Å²) < 4.78 is 321. The van der Waals surface area contributed by atoms with Crippen LogP contribution < -0.4 is 26.4 Å². The van der Waals surface area contributed by atoms with Crippen LogP contribution in [0.15, 0.2) is 48.7 Å². The fourth-order valence-electron chi connectivity index (χ4n) is 6.37. The molecule has 6 aromatic rings. The van der Waals surface area contributed by atoms with E-state index in [0.29, 0.717) is 5.56 Å². The minimum atomic E-state index is -7.22. The number of ketones is 1. The van der Waals surface area contributed by atoms with E-state index in [4.69, 9.17) is 0 Å². The molecule has 326 valence electrons. The highest BCUT2D eigenvalue weighted by Crippen LogP contribution is 2.30. The smallest absolute Gasteiger partial charge is 0.287 e. The van der Waals surface area contributed by atoms with Crippen molar-refractivity contribution < 1.29 is 106 Å². The summed E-state index contributed by atoms with van der Waals surface area (Å²) in [5, 5.41) is 0. The SMILES string of the molecule is Fc1c(F)c(F)c([B-](c2c(F)c(F)c(F)c(F)c2F)(c2c(F)c(F)c(F)c(F)c2F)c2c(F)c(F)c(F)c(F)c2F)c(F)c1F.O=C(C[n+]1cccc(F)c1F)c1ccccc1. The van der Waals surface area contributed by atoms with Gasteiger partial charge < -0.3 is 0 Å². The molecule has 0 amide bonds. The Labute approximate surface area is 328 Å². The van der Waals surface area contributed by atoms with Crippen LogP contribution in [0.4, 0.5) is 96.6 Å². The molecule has 0 aliphatic heterocycles. The third-order valence-corrected chi connectivity index (χ3v) is 9.07. The van der Waals surface area contributed by atoms with E-state index in [1.165, 1.54) is 12.3 Å². The summed E-state index contributed by atoms with van der Waals surface area (Å²) in [5.74, 6) is -73.7. The van der Waals surface area contributed by atoms with Crippen molar-refractivity contribution >= 4 is 33.8 Å². The van der Waals surface area contributed by atoms with E-state index in [1.54, 1.807) is 30.3 Å². The highest BCUT2D eigenvalue weighted by Gasteiger charge is 2.52. The number of hydrogen-bond donors (Lipinski definition) is 0. The number of Topliss-reactive ketones (excluding diaryl/α,β-unsaturated/α-hetero) is 1. The zero-order valence-corrected chi connectivity index (χ0v) is 29.1. The summed E-state index contributed by atoms with van der Waals surface area (Å²) in [6, 6.07) is 10.9. The lowest BCUT2D eigenvalue weighted by Crippen LogP contribution is -2.81.